The van der Waals surface area contributed by atoms with E-state index in [-0.39, 0.29) is 11.3 Å². The molecule has 188 valence electrons. The Morgan fingerprint density at radius 2 is 1.33 bits per heavy atom. The first kappa shape index (κ1) is 26.5. The predicted octanol–water partition coefficient (Wildman–Crippen LogP) is 5.03. The highest BCUT2D eigenvalue weighted by atomic mass is 16.5. The van der Waals surface area contributed by atoms with Crippen molar-refractivity contribution in [3.63, 3.8) is 0 Å². The molecular formula is C29H33N3O4. The fraction of sp³-hybridized carbons (Fsp3) is 0.276. The Balaban J connectivity index is 1.49. The van der Waals surface area contributed by atoms with Gasteiger partial charge in [-0.05, 0) is 78.4 Å². The van der Waals surface area contributed by atoms with Crippen molar-refractivity contribution < 1.29 is 19.1 Å². The van der Waals surface area contributed by atoms with Crippen LogP contribution in [0.1, 0.15) is 66.5 Å². The third kappa shape index (κ3) is 7.18. The second kappa shape index (κ2) is 11.5. The molecule has 7 heteroatoms. The number of carbonyl (C=O) groups is 3. The van der Waals surface area contributed by atoms with Gasteiger partial charge in [0.05, 0.1) is 0 Å². The number of ether oxygens (including phenoxy) is 1. The molecule has 3 N–H and O–H groups in total. The van der Waals surface area contributed by atoms with Crippen LogP contribution in [0.15, 0.2) is 72.8 Å². The van der Waals surface area contributed by atoms with Gasteiger partial charge < -0.3 is 10.1 Å². The summed E-state index contributed by atoms with van der Waals surface area (Å²) in [5.74, 6) is -0.634. The van der Waals surface area contributed by atoms with E-state index in [1.165, 1.54) is 5.56 Å². The number of benzene rings is 3. The van der Waals surface area contributed by atoms with E-state index in [1.54, 1.807) is 43.3 Å². The number of rotatable bonds is 7. The van der Waals surface area contributed by atoms with Gasteiger partial charge in [0.15, 0.2) is 6.10 Å². The quantitative estimate of drug-likeness (QED) is 0.408. The maximum atomic E-state index is 12.5. The lowest BCUT2D eigenvalue weighted by Crippen LogP contribution is -2.47. The fourth-order valence-electron chi connectivity index (χ4n) is 3.38. The van der Waals surface area contributed by atoms with Crippen molar-refractivity contribution in [2.75, 3.05) is 5.32 Å². The van der Waals surface area contributed by atoms with Gasteiger partial charge in [-0.2, -0.15) is 0 Å². The molecule has 1 unspecified atom stereocenters. The van der Waals surface area contributed by atoms with Crippen molar-refractivity contribution in [3.05, 3.63) is 95.1 Å². The van der Waals surface area contributed by atoms with E-state index >= 15 is 0 Å². The zero-order chi connectivity index (χ0) is 26.3. The van der Waals surface area contributed by atoms with Crippen LogP contribution in [0, 0.1) is 0 Å². The lowest BCUT2D eigenvalue weighted by atomic mass is 9.87. The molecule has 0 spiro atoms. The highest BCUT2D eigenvalue weighted by molar-refractivity contribution is 6.04. The molecule has 0 aromatic heterocycles. The van der Waals surface area contributed by atoms with Crippen LogP contribution in [-0.4, -0.2) is 23.8 Å². The summed E-state index contributed by atoms with van der Waals surface area (Å²) >= 11 is 0. The minimum atomic E-state index is -0.798. The second-order valence-electron chi connectivity index (χ2n) is 9.56. The van der Waals surface area contributed by atoms with E-state index in [0.717, 1.165) is 12.0 Å². The smallest absolute Gasteiger partial charge is 0.279 e. The van der Waals surface area contributed by atoms with E-state index in [2.05, 4.69) is 43.9 Å². The normalized spacial score (nSPS) is 11.8. The van der Waals surface area contributed by atoms with Crippen molar-refractivity contribution in [2.45, 2.75) is 52.6 Å². The van der Waals surface area contributed by atoms with Crippen molar-refractivity contribution in [2.24, 2.45) is 0 Å². The largest absolute Gasteiger partial charge is 0.481 e. The number of hydrogen-bond acceptors (Lipinski definition) is 4. The van der Waals surface area contributed by atoms with Crippen LogP contribution in [0.25, 0.3) is 0 Å². The van der Waals surface area contributed by atoms with E-state index in [1.807, 2.05) is 36.4 Å². The highest BCUT2D eigenvalue weighted by Gasteiger charge is 2.17. The molecule has 0 aliphatic heterocycles. The van der Waals surface area contributed by atoms with Crippen LogP contribution < -0.4 is 20.9 Å². The predicted molar refractivity (Wildman–Crippen MR) is 141 cm³/mol. The van der Waals surface area contributed by atoms with Gasteiger partial charge in [-0.15, -0.1) is 0 Å². The molecule has 0 radical (unpaired) electrons. The number of anilines is 1. The molecular weight excluding hydrogens is 454 g/mol. The minimum Gasteiger partial charge on any atom is -0.481 e. The Bertz CT molecular complexity index is 1200. The standard InChI is InChI=1S/C29H33N3O4/c1-6-20-7-17-25(18-8-20)36-19(2)26(33)31-32-28(35)22-11-15-24(16-12-22)30-27(34)21-9-13-23(14-10-21)29(3,4)5/h7-19H,6H2,1-5H3,(H,30,34)(H,31,33)(H,32,35). The summed E-state index contributed by atoms with van der Waals surface area (Å²) in [4.78, 5) is 37.3. The summed E-state index contributed by atoms with van der Waals surface area (Å²) < 4.78 is 5.62. The molecule has 0 aliphatic carbocycles. The second-order valence-corrected chi connectivity index (χ2v) is 9.56. The Morgan fingerprint density at radius 3 is 1.89 bits per heavy atom. The Hall–Kier alpha value is -4.13. The van der Waals surface area contributed by atoms with Crippen LogP contribution in [0.3, 0.4) is 0 Å². The first-order valence-electron chi connectivity index (χ1n) is 11.9. The number of hydrazine groups is 1. The van der Waals surface area contributed by atoms with E-state index < -0.39 is 17.9 Å². The van der Waals surface area contributed by atoms with Crippen molar-refractivity contribution in [1.82, 2.24) is 10.9 Å². The van der Waals surface area contributed by atoms with Crippen molar-refractivity contribution in [3.8, 4) is 5.75 Å². The molecule has 0 saturated heterocycles. The van der Waals surface area contributed by atoms with Crippen LogP contribution in [0.4, 0.5) is 5.69 Å². The fourth-order valence-corrected chi connectivity index (χ4v) is 3.38. The number of nitrogens with one attached hydrogen (secondary N) is 3. The third-order valence-electron chi connectivity index (χ3n) is 5.73. The van der Waals surface area contributed by atoms with Crippen LogP contribution in [0.2, 0.25) is 0 Å². The van der Waals surface area contributed by atoms with Gasteiger partial charge in [0, 0.05) is 16.8 Å². The number of aryl methyl sites for hydroxylation is 1. The molecule has 0 bridgehead atoms. The molecule has 3 rings (SSSR count). The SMILES string of the molecule is CCc1ccc(OC(C)C(=O)NNC(=O)c2ccc(NC(=O)c3ccc(C(C)(C)C)cc3)cc2)cc1. The summed E-state index contributed by atoms with van der Waals surface area (Å²) in [6.45, 7) is 10.0. The van der Waals surface area contributed by atoms with Crippen LogP contribution in [0.5, 0.6) is 5.75 Å². The minimum absolute atomic E-state index is 0.0106. The lowest BCUT2D eigenvalue weighted by Gasteiger charge is -2.19. The van der Waals surface area contributed by atoms with Gasteiger partial charge >= 0.3 is 0 Å². The van der Waals surface area contributed by atoms with Crippen LogP contribution >= 0.6 is 0 Å². The number of amides is 3. The van der Waals surface area contributed by atoms with Crippen molar-refractivity contribution in [1.29, 1.82) is 0 Å². The molecule has 3 amide bonds. The average molecular weight is 488 g/mol. The molecule has 36 heavy (non-hydrogen) atoms. The maximum absolute atomic E-state index is 12.5. The summed E-state index contributed by atoms with van der Waals surface area (Å²) in [5, 5.41) is 2.82. The van der Waals surface area contributed by atoms with E-state index in [4.69, 9.17) is 4.74 Å². The molecule has 3 aromatic carbocycles. The Labute approximate surface area is 212 Å². The molecule has 7 nitrogen and oxygen atoms in total. The first-order valence-corrected chi connectivity index (χ1v) is 11.9. The summed E-state index contributed by atoms with van der Waals surface area (Å²) in [7, 11) is 0. The number of carbonyl (C=O) groups excluding carboxylic acids is 3. The monoisotopic (exact) mass is 487 g/mol. The molecule has 0 saturated carbocycles. The van der Waals surface area contributed by atoms with Gasteiger partial charge in [0.1, 0.15) is 5.75 Å². The topological polar surface area (TPSA) is 96.5 Å². The van der Waals surface area contributed by atoms with Crippen molar-refractivity contribution >= 4 is 23.4 Å². The Morgan fingerprint density at radius 1 is 0.778 bits per heavy atom. The van der Waals surface area contributed by atoms with E-state index in [9.17, 15) is 14.4 Å². The molecule has 1 atom stereocenters. The summed E-state index contributed by atoms with van der Waals surface area (Å²) in [6, 6.07) is 21.4. The highest BCUT2D eigenvalue weighted by Crippen LogP contribution is 2.22. The van der Waals surface area contributed by atoms with E-state index in [0.29, 0.717) is 22.6 Å². The third-order valence-corrected chi connectivity index (χ3v) is 5.73. The maximum Gasteiger partial charge on any atom is 0.279 e. The Kier molecular flexibility index (Phi) is 8.48. The van der Waals surface area contributed by atoms with Gasteiger partial charge in [-0.1, -0.05) is 52.0 Å². The van der Waals surface area contributed by atoms with Crippen LogP contribution in [-0.2, 0) is 16.6 Å². The van der Waals surface area contributed by atoms with Gasteiger partial charge in [0.2, 0.25) is 0 Å². The first-order chi connectivity index (χ1) is 17.1. The molecule has 0 aliphatic rings. The van der Waals surface area contributed by atoms with Gasteiger partial charge in [-0.3, -0.25) is 25.2 Å². The lowest BCUT2D eigenvalue weighted by molar-refractivity contribution is -0.128. The van der Waals surface area contributed by atoms with Gasteiger partial charge in [-0.25, -0.2) is 0 Å². The molecule has 3 aromatic rings. The molecule has 0 fully saturated rings. The zero-order valence-electron chi connectivity index (χ0n) is 21.3. The van der Waals surface area contributed by atoms with Gasteiger partial charge in [0.25, 0.3) is 17.7 Å². The zero-order valence-corrected chi connectivity index (χ0v) is 21.3. The average Bonchev–Trinajstić information content (AvgIpc) is 2.87. The summed E-state index contributed by atoms with van der Waals surface area (Å²) in [5.41, 5.74) is 8.51. The molecule has 0 heterocycles. The number of hydrogen-bond donors (Lipinski definition) is 3. The summed E-state index contributed by atoms with van der Waals surface area (Å²) in [6.07, 6.45) is 0.120.